The van der Waals surface area contributed by atoms with E-state index in [1.54, 1.807) is 0 Å². The van der Waals surface area contributed by atoms with Crippen LogP contribution in [0.25, 0.3) is 0 Å². The number of hydrogen-bond donors (Lipinski definition) is 1. The Morgan fingerprint density at radius 3 is 1.53 bits per heavy atom. The summed E-state index contributed by atoms with van der Waals surface area (Å²) in [5.41, 5.74) is 5.07. The van der Waals surface area contributed by atoms with E-state index >= 15 is 0 Å². The Morgan fingerprint density at radius 1 is 1.00 bits per heavy atom. The SMILES string of the molecule is CC(=O)CCS(C)(=O)=O.CS(=O)(=O)CCCN. The maximum Gasteiger partial charge on any atom is 0.147 e. The number of ketones is 1. The van der Waals surface area contributed by atoms with Crippen molar-refractivity contribution in [2.24, 2.45) is 5.73 Å². The molecule has 0 aromatic heterocycles. The maximum atomic E-state index is 10.4. The van der Waals surface area contributed by atoms with Crippen molar-refractivity contribution in [1.82, 2.24) is 0 Å². The van der Waals surface area contributed by atoms with Crippen LogP contribution in [0.3, 0.4) is 0 Å². The van der Waals surface area contributed by atoms with Crippen LogP contribution in [-0.2, 0) is 24.5 Å². The van der Waals surface area contributed by atoms with Gasteiger partial charge in [0.05, 0.1) is 11.5 Å². The van der Waals surface area contributed by atoms with Gasteiger partial charge in [-0.05, 0) is 19.9 Å². The molecule has 0 aliphatic carbocycles. The topological polar surface area (TPSA) is 111 Å². The van der Waals surface area contributed by atoms with E-state index < -0.39 is 19.7 Å². The minimum absolute atomic E-state index is 0.0255. The molecule has 0 amide bonds. The predicted molar refractivity (Wildman–Crippen MR) is 68.4 cm³/mol. The van der Waals surface area contributed by atoms with Gasteiger partial charge in [0.15, 0.2) is 0 Å². The van der Waals surface area contributed by atoms with Crippen molar-refractivity contribution in [2.75, 3.05) is 30.6 Å². The van der Waals surface area contributed by atoms with Crippen LogP contribution in [0.4, 0.5) is 0 Å². The summed E-state index contributed by atoms with van der Waals surface area (Å²) < 4.78 is 41.4. The lowest BCUT2D eigenvalue weighted by Gasteiger charge is -1.91. The monoisotopic (exact) mass is 287 g/mol. The van der Waals surface area contributed by atoms with Crippen molar-refractivity contribution in [1.29, 1.82) is 0 Å². The van der Waals surface area contributed by atoms with Gasteiger partial charge >= 0.3 is 0 Å². The molecule has 0 bridgehead atoms. The second-order valence-corrected chi connectivity index (χ2v) is 8.37. The summed E-state index contributed by atoms with van der Waals surface area (Å²) >= 11 is 0. The Bertz CT molecular complexity index is 411. The molecule has 0 atom stereocenters. The van der Waals surface area contributed by atoms with Gasteiger partial charge in [-0.1, -0.05) is 0 Å². The van der Waals surface area contributed by atoms with Gasteiger partial charge in [0.25, 0.3) is 0 Å². The van der Waals surface area contributed by atoms with E-state index in [2.05, 4.69) is 0 Å². The fraction of sp³-hybridized carbons (Fsp3) is 0.889. The Kier molecular flexibility index (Phi) is 9.55. The molecule has 6 nitrogen and oxygen atoms in total. The number of rotatable bonds is 6. The molecule has 0 unspecified atom stereocenters. The van der Waals surface area contributed by atoms with Gasteiger partial charge < -0.3 is 5.73 Å². The minimum atomic E-state index is -2.94. The normalized spacial score (nSPS) is 11.5. The Morgan fingerprint density at radius 2 is 1.41 bits per heavy atom. The highest BCUT2D eigenvalue weighted by molar-refractivity contribution is 7.90. The maximum absolute atomic E-state index is 10.4. The first-order valence-electron chi connectivity index (χ1n) is 5.03. The molecule has 2 N–H and O–H groups in total. The van der Waals surface area contributed by atoms with Crippen molar-refractivity contribution in [2.45, 2.75) is 19.8 Å². The molecule has 0 aliphatic rings. The molecule has 0 fully saturated rings. The van der Waals surface area contributed by atoms with Crippen LogP contribution < -0.4 is 5.73 Å². The van der Waals surface area contributed by atoms with Crippen molar-refractivity contribution in [3.63, 3.8) is 0 Å². The molecule has 0 spiro atoms. The minimum Gasteiger partial charge on any atom is -0.330 e. The Hall–Kier alpha value is -0.470. The number of carbonyl (C=O) groups excluding carboxylic acids is 1. The van der Waals surface area contributed by atoms with Crippen LogP contribution in [0.15, 0.2) is 0 Å². The number of sulfone groups is 2. The van der Waals surface area contributed by atoms with Gasteiger partial charge in [0.2, 0.25) is 0 Å². The van der Waals surface area contributed by atoms with E-state index in [0.717, 1.165) is 6.26 Å². The zero-order chi connectivity index (χ0) is 14.1. The molecular formula is C9H21NO5S2. The second-order valence-electron chi connectivity index (χ2n) is 3.85. The molecule has 0 heterocycles. The molecule has 17 heavy (non-hydrogen) atoms. The van der Waals surface area contributed by atoms with Gasteiger partial charge in [0, 0.05) is 18.9 Å². The summed E-state index contributed by atoms with van der Waals surface area (Å²) in [5, 5.41) is 0. The van der Waals surface area contributed by atoms with Crippen molar-refractivity contribution >= 4 is 25.5 Å². The molecular weight excluding hydrogens is 266 g/mol. The highest BCUT2D eigenvalue weighted by Gasteiger charge is 2.02. The van der Waals surface area contributed by atoms with Crippen LogP contribution in [0.2, 0.25) is 0 Å². The highest BCUT2D eigenvalue weighted by Crippen LogP contribution is 1.88. The summed E-state index contributed by atoms with van der Waals surface area (Å²) in [6.07, 6.45) is 3.04. The summed E-state index contributed by atoms with van der Waals surface area (Å²) in [7, 11) is -5.71. The van der Waals surface area contributed by atoms with Crippen LogP contribution in [0.5, 0.6) is 0 Å². The van der Waals surface area contributed by atoms with Gasteiger partial charge in [-0.2, -0.15) is 0 Å². The first-order chi connectivity index (χ1) is 7.48. The largest absolute Gasteiger partial charge is 0.330 e. The average Bonchev–Trinajstić information content (AvgIpc) is 2.10. The lowest BCUT2D eigenvalue weighted by Crippen LogP contribution is -2.08. The highest BCUT2D eigenvalue weighted by atomic mass is 32.2. The second kappa shape index (κ2) is 8.60. The average molecular weight is 287 g/mol. The molecule has 0 rings (SSSR count). The third-order valence-corrected chi connectivity index (χ3v) is 3.52. The van der Waals surface area contributed by atoms with Crippen LogP contribution in [0.1, 0.15) is 19.8 Å². The summed E-state index contributed by atoms with van der Waals surface area (Å²) in [5.74, 6) is 0.103. The molecule has 0 saturated carbocycles. The standard InChI is InChI=1S/C5H10O3S.C4H11NO2S/c1-5(6)3-4-9(2,7)8;1-8(6,7)4-2-3-5/h3-4H2,1-2H3;2-5H2,1H3. The predicted octanol–water partition coefficient (Wildman–Crippen LogP) is -0.610. The Balaban J connectivity index is 0. The van der Waals surface area contributed by atoms with Gasteiger partial charge in [0.1, 0.15) is 25.5 Å². The van der Waals surface area contributed by atoms with Gasteiger partial charge in [-0.15, -0.1) is 0 Å². The molecule has 0 radical (unpaired) electrons. The fourth-order valence-electron chi connectivity index (χ4n) is 0.675. The molecule has 0 aliphatic heterocycles. The van der Waals surface area contributed by atoms with E-state index in [-0.39, 0.29) is 23.7 Å². The molecule has 104 valence electrons. The third kappa shape index (κ3) is 25.6. The van der Waals surface area contributed by atoms with E-state index in [0.29, 0.717) is 13.0 Å². The van der Waals surface area contributed by atoms with E-state index in [1.165, 1.54) is 13.2 Å². The van der Waals surface area contributed by atoms with E-state index in [9.17, 15) is 21.6 Å². The number of hydrogen-bond acceptors (Lipinski definition) is 6. The fourth-order valence-corrected chi connectivity index (χ4v) is 2.02. The summed E-state index contributed by atoms with van der Waals surface area (Å²) in [6.45, 7) is 1.83. The first kappa shape index (κ1) is 18.9. The summed E-state index contributed by atoms with van der Waals surface area (Å²) in [6, 6.07) is 0. The molecule has 0 aromatic rings. The Labute approximate surface area is 103 Å². The van der Waals surface area contributed by atoms with Crippen LogP contribution in [0, 0.1) is 0 Å². The van der Waals surface area contributed by atoms with E-state index in [4.69, 9.17) is 5.73 Å². The third-order valence-electron chi connectivity index (χ3n) is 1.54. The quantitative estimate of drug-likeness (QED) is 0.697. The first-order valence-corrected chi connectivity index (χ1v) is 9.15. The molecule has 0 saturated heterocycles. The lowest BCUT2D eigenvalue weighted by atomic mass is 10.4. The van der Waals surface area contributed by atoms with Gasteiger partial charge in [-0.3, -0.25) is 4.79 Å². The molecule has 0 aromatic carbocycles. The lowest BCUT2D eigenvalue weighted by molar-refractivity contribution is -0.116. The summed E-state index contributed by atoms with van der Waals surface area (Å²) in [4.78, 5) is 10.2. The van der Waals surface area contributed by atoms with Gasteiger partial charge in [-0.25, -0.2) is 16.8 Å². The smallest absolute Gasteiger partial charge is 0.147 e. The molecule has 8 heteroatoms. The van der Waals surface area contributed by atoms with Crippen molar-refractivity contribution in [3.05, 3.63) is 0 Å². The van der Waals surface area contributed by atoms with Crippen molar-refractivity contribution < 1.29 is 21.6 Å². The van der Waals surface area contributed by atoms with Crippen LogP contribution >= 0.6 is 0 Å². The number of Topliss-reactive ketones (excluding diaryl/α,β-unsaturated/α-hetero) is 1. The van der Waals surface area contributed by atoms with Crippen molar-refractivity contribution in [3.8, 4) is 0 Å². The number of carbonyl (C=O) groups is 1. The number of nitrogens with two attached hydrogens (primary N) is 1. The van der Waals surface area contributed by atoms with Crippen LogP contribution in [-0.4, -0.2) is 53.2 Å². The zero-order valence-electron chi connectivity index (χ0n) is 10.5. The van der Waals surface area contributed by atoms with E-state index in [1.807, 2.05) is 0 Å². The zero-order valence-corrected chi connectivity index (χ0v) is 12.1.